The van der Waals surface area contributed by atoms with Gasteiger partial charge in [-0.25, -0.2) is 12.4 Å². The fourth-order valence-corrected chi connectivity index (χ4v) is 4.63. The van der Waals surface area contributed by atoms with Gasteiger partial charge in [-0.1, -0.05) is 18.2 Å². The first kappa shape index (κ1) is 16.2. The van der Waals surface area contributed by atoms with Crippen molar-refractivity contribution in [3.63, 3.8) is 0 Å². The van der Waals surface area contributed by atoms with Crippen LogP contribution >= 0.6 is 0 Å². The van der Waals surface area contributed by atoms with Gasteiger partial charge < -0.3 is 4.74 Å². The third-order valence-electron chi connectivity index (χ3n) is 4.76. The number of ether oxygens (including phenoxy) is 1. The van der Waals surface area contributed by atoms with Crippen molar-refractivity contribution in [1.82, 2.24) is 8.87 Å². The van der Waals surface area contributed by atoms with Gasteiger partial charge in [0.15, 0.2) is 0 Å². The molecule has 25 heavy (non-hydrogen) atoms. The summed E-state index contributed by atoms with van der Waals surface area (Å²) in [6, 6.07) is 14.0. The molecule has 1 aliphatic heterocycles. The molecule has 0 radical (unpaired) electrons. The number of aromatic nitrogens is 1. The monoisotopic (exact) mass is 356 g/mol. The average Bonchev–Trinajstić information content (AvgIpc) is 3.03. The molecule has 0 atom stereocenters. The zero-order valence-electron chi connectivity index (χ0n) is 14.1. The van der Waals surface area contributed by atoms with Crippen molar-refractivity contribution < 1.29 is 13.2 Å². The molecule has 1 saturated heterocycles. The van der Waals surface area contributed by atoms with Gasteiger partial charge in [0.25, 0.3) is 10.0 Å². The molecule has 5 nitrogen and oxygen atoms in total. The van der Waals surface area contributed by atoms with Crippen molar-refractivity contribution in [3.05, 3.63) is 60.3 Å². The number of rotatable bonds is 5. The van der Waals surface area contributed by atoms with Crippen LogP contribution in [0.1, 0.15) is 12.0 Å². The predicted molar refractivity (Wildman–Crippen MR) is 97.4 cm³/mol. The summed E-state index contributed by atoms with van der Waals surface area (Å²) in [6.07, 6.45) is 2.84. The molecule has 4 rings (SSSR count). The van der Waals surface area contributed by atoms with Gasteiger partial charge in [-0.05, 0) is 49.8 Å². The van der Waals surface area contributed by atoms with Crippen LogP contribution < -0.4 is 4.74 Å². The van der Waals surface area contributed by atoms with Crippen LogP contribution in [-0.4, -0.2) is 37.5 Å². The lowest BCUT2D eigenvalue weighted by Gasteiger charge is -2.31. The first-order valence-corrected chi connectivity index (χ1v) is 9.75. The van der Waals surface area contributed by atoms with Crippen LogP contribution in [0.5, 0.6) is 5.75 Å². The van der Waals surface area contributed by atoms with E-state index < -0.39 is 10.0 Å². The van der Waals surface area contributed by atoms with Crippen LogP contribution in [0.2, 0.25) is 0 Å². The molecule has 1 fully saturated rings. The maximum atomic E-state index is 13.0. The third kappa shape index (κ3) is 2.71. The minimum absolute atomic E-state index is 0.285. The summed E-state index contributed by atoms with van der Waals surface area (Å²) >= 11 is 0. The molecule has 0 bridgehead atoms. The van der Waals surface area contributed by atoms with Crippen LogP contribution in [0.15, 0.2) is 59.6 Å². The van der Waals surface area contributed by atoms with Gasteiger partial charge in [-0.2, -0.15) is 0 Å². The van der Waals surface area contributed by atoms with Crippen molar-refractivity contribution in [3.8, 4) is 5.75 Å². The Morgan fingerprint density at radius 1 is 1.04 bits per heavy atom. The Labute approximate surface area is 147 Å². The quantitative estimate of drug-likeness (QED) is 0.705. The first-order chi connectivity index (χ1) is 12.1. The van der Waals surface area contributed by atoms with Crippen LogP contribution in [-0.2, 0) is 16.6 Å². The number of methoxy groups -OCH3 is 1. The summed E-state index contributed by atoms with van der Waals surface area (Å²) in [4.78, 5) is 2.62. The van der Waals surface area contributed by atoms with E-state index >= 15 is 0 Å². The summed E-state index contributed by atoms with van der Waals surface area (Å²) < 4.78 is 32.8. The second-order valence-electron chi connectivity index (χ2n) is 6.24. The van der Waals surface area contributed by atoms with Gasteiger partial charge >= 0.3 is 0 Å². The molecule has 3 aromatic rings. The topological polar surface area (TPSA) is 51.5 Å². The largest absolute Gasteiger partial charge is 0.496 e. The Morgan fingerprint density at radius 3 is 2.44 bits per heavy atom. The Bertz CT molecular complexity index is 1010. The van der Waals surface area contributed by atoms with Crippen molar-refractivity contribution in [2.75, 3.05) is 20.2 Å². The summed E-state index contributed by atoms with van der Waals surface area (Å²) in [6.45, 7) is 2.92. The summed E-state index contributed by atoms with van der Waals surface area (Å²) in [5.41, 5.74) is 1.72. The third-order valence-corrected chi connectivity index (χ3v) is 6.46. The molecule has 1 aliphatic rings. The van der Waals surface area contributed by atoms with Gasteiger partial charge in [0.05, 0.1) is 17.5 Å². The lowest BCUT2D eigenvalue weighted by atomic mass is 10.1. The normalized spacial score (nSPS) is 15.2. The van der Waals surface area contributed by atoms with Crippen molar-refractivity contribution in [2.45, 2.75) is 17.9 Å². The zero-order chi connectivity index (χ0) is 17.4. The molecular formula is C19H20N2O3S. The van der Waals surface area contributed by atoms with Crippen LogP contribution in [0.3, 0.4) is 0 Å². The molecule has 0 saturated carbocycles. The molecule has 0 N–H and O–H groups in total. The van der Waals surface area contributed by atoms with E-state index in [0.717, 1.165) is 36.3 Å². The fourth-order valence-electron chi connectivity index (χ4n) is 3.27. The van der Waals surface area contributed by atoms with Crippen LogP contribution in [0.25, 0.3) is 10.9 Å². The highest BCUT2D eigenvalue weighted by atomic mass is 32.2. The number of likely N-dealkylation sites (tertiary alicyclic amines) is 1. The van der Waals surface area contributed by atoms with Gasteiger partial charge in [0.2, 0.25) is 0 Å². The maximum absolute atomic E-state index is 13.0. The number of nitrogens with zero attached hydrogens (tertiary/aromatic N) is 2. The molecular weight excluding hydrogens is 336 g/mol. The highest BCUT2D eigenvalue weighted by molar-refractivity contribution is 7.90. The number of hydrogen-bond donors (Lipinski definition) is 0. The molecule has 0 amide bonds. The minimum Gasteiger partial charge on any atom is -0.496 e. The Kier molecular flexibility index (Phi) is 4.01. The van der Waals surface area contributed by atoms with E-state index in [4.69, 9.17) is 4.74 Å². The second-order valence-corrected chi connectivity index (χ2v) is 8.05. The summed E-state index contributed by atoms with van der Waals surface area (Å²) in [5, 5.41) is 0.922. The first-order valence-electron chi connectivity index (χ1n) is 8.31. The van der Waals surface area contributed by atoms with Crippen LogP contribution in [0.4, 0.5) is 0 Å². The van der Waals surface area contributed by atoms with Crippen LogP contribution in [0, 0.1) is 0 Å². The highest BCUT2D eigenvalue weighted by Gasteiger charge is 2.23. The molecule has 0 unspecified atom stereocenters. The fraction of sp³-hybridized carbons (Fsp3) is 0.263. The van der Waals surface area contributed by atoms with E-state index in [1.807, 2.05) is 24.3 Å². The Morgan fingerprint density at radius 2 is 1.80 bits per heavy atom. The maximum Gasteiger partial charge on any atom is 0.268 e. The Hall–Kier alpha value is -2.31. The van der Waals surface area contributed by atoms with E-state index in [0.29, 0.717) is 5.52 Å². The van der Waals surface area contributed by atoms with E-state index in [9.17, 15) is 8.42 Å². The van der Waals surface area contributed by atoms with Gasteiger partial charge in [-0.3, -0.25) is 4.90 Å². The zero-order valence-corrected chi connectivity index (χ0v) is 14.9. The van der Waals surface area contributed by atoms with Crippen molar-refractivity contribution in [2.24, 2.45) is 0 Å². The predicted octanol–water partition coefficient (Wildman–Crippen LogP) is 3.09. The molecule has 2 aromatic carbocycles. The average molecular weight is 356 g/mol. The molecule has 2 heterocycles. The number of benzene rings is 2. The van der Waals surface area contributed by atoms with E-state index in [-0.39, 0.29) is 4.90 Å². The second kappa shape index (κ2) is 6.20. The molecule has 0 aliphatic carbocycles. The van der Waals surface area contributed by atoms with Crippen molar-refractivity contribution in [1.29, 1.82) is 0 Å². The summed E-state index contributed by atoms with van der Waals surface area (Å²) in [7, 11) is -1.97. The van der Waals surface area contributed by atoms with E-state index in [1.165, 1.54) is 10.4 Å². The number of fused-ring (bicyclic) bond motifs is 1. The summed E-state index contributed by atoms with van der Waals surface area (Å²) in [5.74, 6) is 0.800. The SMILES string of the molecule is COc1ccc2c(ccn2S(=O)(=O)c2ccccc2)c1CN1CCC1. The van der Waals surface area contributed by atoms with Gasteiger partial charge in [0.1, 0.15) is 5.75 Å². The molecule has 0 spiro atoms. The lowest BCUT2D eigenvalue weighted by Crippen LogP contribution is -2.36. The van der Waals surface area contributed by atoms with E-state index in [1.54, 1.807) is 37.6 Å². The van der Waals surface area contributed by atoms with Crippen molar-refractivity contribution >= 4 is 20.9 Å². The molecule has 130 valence electrons. The molecule has 1 aromatic heterocycles. The Balaban J connectivity index is 1.86. The minimum atomic E-state index is -3.62. The van der Waals surface area contributed by atoms with Gasteiger partial charge in [0, 0.05) is 23.7 Å². The lowest BCUT2D eigenvalue weighted by molar-refractivity contribution is 0.171. The van der Waals surface area contributed by atoms with Gasteiger partial charge in [-0.15, -0.1) is 0 Å². The molecule has 6 heteroatoms. The standard InChI is InChI=1S/C19H20N2O3S/c1-24-19-9-8-18-16(17(19)14-20-11-5-12-20)10-13-21(18)25(22,23)15-6-3-2-4-7-15/h2-4,6-10,13H,5,11-12,14H2,1H3. The number of hydrogen-bond acceptors (Lipinski definition) is 4. The highest BCUT2D eigenvalue weighted by Crippen LogP contribution is 2.32. The smallest absolute Gasteiger partial charge is 0.268 e. The van der Waals surface area contributed by atoms with E-state index in [2.05, 4.69) is 4.90 Å².